The highest BCUT2D eigenvalue weighted by Gasteiger charge is 2.13. The largest absolute Gasteiger partial charge is 0.287 e. The summed E-state index contributed by atoms with van der Waals surface area (Å²) < 4.78 is 1.88. The molecule has 0 amide bonds. The monoisotopic (exact) mass is 304 g/mol. The average Bonchev–Trinajstić information content (AvgIpc) is 2.57. The summed E-state index contributed by atoms with van der Waals surface area (Å²) in [6.45, 7) is 4.92. The van der Waals surface area contributed by atoms with E-state index in [1.807, 2.05) is 72.4 Å². The van der Waals surface area contributed by atoms with Crippen LogP contribution in [0.5, 0.6) is 0 Å². The standard InChI is InChI=1S/C20H20N2O/c1-3-12-22-14-18(16-9-5-4-6-10-16)20(23)19(21-22)17-11-7-8-15(2)13-17/h4-11,13-14H,3,12H2,1-2H3. The van der Waals surface area contributed by atoms with Crippen LogP contribution in [0.4, 0.5) is 0 Å². The first-order valence-electron chi connectivity index (χ1n) is 7.93. The fourth-order valence-corrected chi connectivity index (χ4v) is 2.69. The zero-order valence-corrected chi connectivity index (χ0v) is 13.5. The van der Waals surface area contributed by atoms with Crippen molar-refractivity contribution >= 4 is 0 Å². The highest BCUT2D eigenvalue weighted by atomic mass is 16.1. The Balaban J connectivity index is 2.24. The predicted molar refractivity (Wildman–Crippen MR) is 94.4 cm³/mol. The van der Waals surface area contributed by atoms with Gasteiger partial charge in [0.25, 0.3) is 0 Å². The molecule has 0 unspecified atom stereocenters. The number of aryl methyl sites for hydroxylation is 2. The summed E-state index contributed by atoms with van der Waals surface area (Å²) in [5.41, 5.74) is 4.12. The predicted octanol–water partition coefficient (Wildman–Crippen LogP) is 4.30. The molecule has 3 aromatic rings. The van der Waals surface area contributed by atoms with Crippen LogP contribution >= 0.6 is 0 Å². The minimum atomic E-state index is -0.0193. The van der Waals surface area contributed by atoms with E-state index in [1.165, 1.54) is 0 Å². The highest BCUT2D eigenvalue weighted by molar-refractivity contribution is 5.69. The molecule has 0 bridgehead atoms. The number of hydrogen-bond donors (Lipinski definition) is 0. The molecule has 1 aromatic heterocycles. The summed E-state index contributed by atoms with van der Waals surface area (Å²) in [4.78, 5) is 13.0. The molecule has 3 nitrogen and oxygen atoms in total. The molecule has 0 aliphatic rings. The molecule has 1 heterocycles. The van der Waals surface area contributed by atoms with E-state index in [0.717, 1.165) is 29.7 Å². The summed E-state index contributed by atoms with van der Waals surface area (Å²) in [7, 11) is 0. The fraction of sp³-hybridized carbons (Fsp3) is 0.200. The Labute approximate surface area is 136 Å². The van der Waals surface area contributed by atoms with Crippen molar-refractivity contribution in [3.8, 4) is 22.4 Å². The second-order valence-corrected chi connectivity index (χ2v) is 5.72. The van der Waals surface area contributed by atoms with Crippen LogP contribution in [0.25, 0.3) is 22.4 Å². The lowest BCUT2D eigenvalue weighted by atomic mass is 10.0. The molecule has 23 heavy (non-hydrogen) atoms. The van der Waals surface area contributed by atoms with Gasteiger partial charge in [-0.15, -0.1) is 0 Å². The molecule has 0 radical (unpaired) electrons. The van der Waals surface area contributed by atoms with Crippen LogP contribution in [0.3, 0.4) is 0 Å². The second kappa shape index (κ2) is 6.61. The van der Waals surface area contributed by atoms with Crippen LogP contribution in [-0.4, -0.2) is 9.78 Å². The molecule has 3 heteroatoms. The first kappa shape index (κ1) is 15.2. The van der Waals surface area contributed by atoms with Gasteiger partial charge in [-0.1, -0.05) is 61.0 Å². The molecule has 0 saturated carbocycles. The molecule has 0 aliphatic heterocycles. The van der Waals surface area contributed by atoms with Crippen LogP contribution < -0.4 is 5.43 Å². The van der Waals surface area contributed by atoms with Gasteiger partial charge in [-0.25, -0.2) is 0 Å². The lowest BCUT2D eigenvalue weighted by Gasteiger charge is -2.11. The number of hydrogen-bond acceptors (Lipinski definition) is 2. The van der Waals surface area contributed by atoms with Crippen molar-refractivity contribution in [2.24, 2.45) is 0 Å². The van der Waals surface area contributed by atoms with Gasteiger partial charge in [-0.2, -0.15) is 5.10 Å². The molecule has 0 fully saturated rings. The van der Waals surface area contributed by atoms with Gasteiger partial charge < -0.3 is 0 Å². The van der Waals surface area contributed by atoms with E-state index in [2.05, 4.69) is 12.0 Å². The van der Waals surface area contributed by atoms with E-state index < -0.39 is 0 Å². The van der Waals surface area contributed by atoms with E-state index in [1.54, 1.807) is 0 Å². The molecule has 0 atom stereocenters. The molecule has 3 rings (SSSR count). The first-order valence-corrected chi connectivity index (χ1v) is 7.93. The average molecular weight is 304 g/mol. The Kier molecular flexibility index (Phi) is 4.38. The minimum absolute atomic E-state index is 0.0193. The van der Waals surface area contributed by atoms with E-state index >= 15 is 0 Å². The maximum Gasteiger partial charge on any atom is 0.215 e. The van der Waals surface area contributed by atoms with Gasteiger partial charge >= 0.3 is 0 Å². The Morgan fingerprint density at radius 3 is 2.43 bits per heavy atom. The van der Waals surface area contributed by atoms with Crippen LogP contribution in [0, 0.1) is 6.92 Å². The number of benzene rings is 2. The van der Waals surface area contributed by atoms with Crippen LogP contribution in [0.2, 0.25) is 0 Å². The van der Waals surface area contributed by atoms with Crippen molar-refractivity contribution in [2.75, 3.05) is 0 Å². The second-order valence-electron chi connectivity index (χ2n) is 5.72. The highest BCUT2D eigenvalue weighted by Crippen LogP contribution is 2.20. The Bertz CT molecular complexity index is 866. The van der Waals surface area contributed by atoms with Gasteiger partial charge in [0.1, 0.15) is 5.69 Å². The molecule has 0 spiro atoms. The van der Waals surface area contributed by atoms with Crippen LogP contribution in [0.1, 0.15) is 18.9 Å². The van der Waals surface area contributed by atoms with Gasteiger partial charge in [0, 0.05) is 23.9 Å². The summed E-state index contributed by atoms with van der Waals surface area (Å²) >= 11 is 0. The smallest absolute Gasteiger partial charge is 0.215 e. The van der Waals surface area contributed by atoms with E-state index in [9.17, 15) is 4.79 Å². The third-order valence-corrected chi connectivity index (χ3v) is 3.80. The van der Waals surface area contributed by atoms with Gasteiger partial charge in [0.05, 0.1) is 0 Å². The number of nitrogens with zero attached hydrogens (tertiary/aromatic N) is 2. The molecule has 2 aromatic carbocycles. The van der Waals surface area contributed by atoms with Gasteiger partial charge in [-0.05, 0) is 25.0 Å². The van der Waals surface area contributed by atoms with Crippen molar-refractivity contribution in [1.29, 1.82) is 0 Å². The third kappa shape index (κ3) is 3.24. The Morgan fingerprint density at radius 2 is 1.74 bits per heavy atom. The molecule has 116 valence electrons. The van der Waals surface area contributed by atoms with Crippen molar-refractivity contribution in [3.63, 3.8) is 0 Å². The molecular weight excluding hydrogens is 284 g/mol. The topological polar surface area (TPSA) is 34.9 Å². The molecule has 0 saturated heterocycles. The summed E-state index contributed by atoms with van der Waals surface area (Å²) in [5, 5.41) is 4.56. The number of aromatic nitrogens is 2. The van der Waals surface area contributed by atoms with E-state index in [4.69, 9.17) is 0 Å². The van der Waals surface area contributed by atoms with Gasteiger partial charge in [-0.3, -0.25) is 9.48 Å². The molecule has 0 N–H and O–H groups in total. The third-order valence-electron chi connectivity index (χ3n) is 3.80. The van der Waals surface area contributed by atoms with Crippen LogP contribution in [-0.2, 0) is 6.54 Å². The zero-order chi connectivity index (χ0) is 16.2. The first-order chi connectivity index (χ1) is 11.2. The minimum Gasteiger partial charge on any atom is -0.287 e. The maximum absolute atomic E-state index is 13.0. The summed E-state index contributed by atoms with van der Waals surface area (Å²) in [6.07, 6.45) is 2.83. The van der Waals surface area contributed by atoms with Crippen molar-refractivity contribution in [2.45, 2.75) is 26.8 Å². The Hall–Kier alpha value is -2.68. The number of rotatable bonds is 4. The lowest BCUT2D eigenvalue weighted by Crippen LogP contribution is -2.17. The van der Waals surface area contributed by atoms with Crippen molar-refractivity contribution in [3.05, 3.63) is 76.6 Å². The summed E-state index contributed by atoms with van der Waals surface area (Å²) in [5.74, 6) is 0. The summed E-state index contributed by atoms with van der Waals surface area (Å²) in [6, 6.07) is 17.7. The molecule has 0 aliphatic carbocycles. The SMILES string of the molecule is CCCn1cc(-c2ccccc2)c(=O)c(-c2cccc(C)c2)n1. The quantitative estimate of drug-likeness (QED) is 0.720. The normalized spacial score (nSPS) is 10.7. The molecular formula is C20H20N2O. The van der Waals surface area contributed by atoms with E-state index in [0.29, 0.717) is 11.3 Å². The van der Waals surface area contributed by atoms with E-state index in [-0.39, 0.29) is 5.43 Å². The lowest BCUT2D eigenvalue weighted by molar-refractivity contribution is 0.590. The van der Waals surface area contributed by atoms with Crippen LogP contribution in [0.15, 0.2) is 65.6 Å². The van der Waals surface area contributed by atoms with Crippen molar-refractivity contribution < 1.29 is 0 Å². The van der Waals surface area contributed by atoms with Crippen molar-refractivity contribution in [1.82, 2.24) is 9.78 Å². The van der Waals surface area contributed by atoms with Gasteiger partial charge in [0.2, 0.25) is 5.43 Å². The maximum atomic E-state index is 13.0. The van der Waals surface area contributed by atoms with Gasteiger partial charge in [0.15, 0.2) is 0 Å². The fourth-order valence-electron chi connectivity index (χ4n) is 2.69. The Morgan fingerprint density at radius 1 is 1.00 bits per heavy atom. The zero-order valence-electron chi connectivity index (χ0n) is 13.5.